The Morgan fingerprint density at radius 1 is 0.538 bits per heavy atom. The Balaban J connectivity index is -0.00000259. The van der Waals surface area contributed by atoms with Gasteiger partial charge in [-0.1, -0.05) is 0 Å². The molecule has 3 rings (SSSR count). The van der Waals surface area contributed by atoms with Crippen LogP contribution in [-0.4, -0.2) is 195 Å². The van der Waals surface area contributed by atoms with E-state index in [-0.39, 0.29) is 27.4 Å². The van der Waals surface area contributed by atoms with Crippen LogP contribution in [0.1, 0.15) is 0 Å². The molecule has 3 fully saturated rings. The van der Waals surface area contributed by atoms with Crippen LogP contribution in [0.3, 0.4) is 0 Å². The molecule has 0 radical (unpaired) electrons. The third-order valence-corrected chi connectivity index (χ3v) is 6.16. The Hall–Kier alpha value is -0.840. The summed E-state index contributed by atoms with van der Waals surface area (Å²) in [6, 6.07) is 0. The van der Waals surface area contributed by atoms with Gasteiger partial charge in [-0.2, -0.15) is 0 Å². The van der Waals surface area contributed by atoms with E-state index in [1.165, 1.54) is 0 Å². The molecule has 240 valence electrons. The predicted molar refractivity (Wildman–Crippen MR) is 119 cm³/mol. The van der Waals surface area contributed by atoms with Crippen molar-refractivity contribution in [2.75, 3.05) is 26.4 Å². The fraction of sp³-hybridized carbons (Fsp3) is 1.00. The van der Waals surface area contributed by atoms with Gasteiger partial charge in [-0.05, 0) is 0 Å². The summed E-state index contributed by atoms with van der Waals surface area (Å²) in [5.74, 6) is -2.36. The molecule has 21 nitrogen and oxygen atoms in total. The average Bonchev–Trinajstić information content (AvgIpc) is 3.08. The van der Waals surface area contributed by atoms with Crippen molar-refractivity contribution in [3.8, 4) is 0 Å². The number of rotatable bonds is 8. The van der Waals surface area contributed by atoms with Gasteiger partial charge in [-0.3, -0.25) is 0 Å². The first kappa shape index (κ1) is 42.6. The Bertz CT molecular complexity index is 658. The fourth-order valence-electron chi connectivity index (χ4n) is 4.01. The van der Waals surface area contributed by atoms with Gasteiger partial charge in [0.2, 0.25) is 5.79 Å². The maximum Gasteiger partial charge on any atom is 0.224 e. The monoisotopic (exact) mass is 594 g/mol. The van der Waals surface area contributed by atoms with Gasteiger partial charge in [0.1, 0.15) is 73.8 Å². The van der Waals surface area contributed by atoms with Gasteiger partial charge in [0.05, 0.1) is 19.8 Å². The van der Waals surface area contributed by atoms with Crippen molar-refractivity contribution < 1.29 is 107 Å². The molecule has 39 heavy (non-hydrogen) atoms. The molecule has 21 N–H and O–H groups in total. The van der Waals surface area contributed by atoms with E-state index >= 15 is 0 Å². The van der Waals surface area contributed by atoms with Crippen LogP contribution in [0.5, 0.6) is 0 Å². The summed E-state index contributed by atoms with van der Waals surface area (Å²) >= 11 is 0. The van der Waals surface area contributed by atoms with E-state index in [0.717, 1.165) is 0 Å². The summed E-state index contributed by atoms with van der Waals surface area (Å²) in [6.45, 7) is -3.14. The van der Waals surface area contributed by atoms with Crippen LogP contribution in [0, 0.1) is 0 Å². The lowest BCUT2D eigenvalue weighted by Gasteiger charge is -2.44. The Kier molecular flexibility index (Phi) is 18.8. The minimum Gasteiger partial charge on any atom is -0.412 e. The summed E-state index contributed by atoms with van der Waals surface area (Å²) in [5.41, 5.74) is 0. The molecular formula is C18H42O21. The van der Waals surface area contributed by atoms with Gasteiger partial charge >= 0.3 is 0 Å². The van der Waals surface area contributed by atoms with E-state index in [4.69, 9.17) is 23.7 Å². The van der Waals surface area contributed by atoms with Crippen molar-refractivity contribution in [3.05, 3.63) is 0 Å². The van der Waals surface area contributed by atoms with Crippen LogP contribution in [-0.2, 0) is 23.7 Å². The molecule has 3 heterocycles. The highest BCUT2D eigenvalue weighted by Crippen LogP contribution is 2.36. The lowest BCUT2D eigenvalue weighted by Crippen LogP contribution is -2.63. The molecule has 3 saturated heterocycles. The molecule has 0 spiro atoms. The number of aliphatic hydroxyl groups is 11. The summed E-state index contributed by atoms with van der Waals surface area (Å²) in [7, 11) is 0. The number of hydrogen-bond donors (Lipinski definition) is 11. The number of ether oxygens (including phenoxy) is 5. The zero-order chi connectivity index (χ0) is 25.4. The van der Waals surface area contributed by atoms with E-state index in [9.17, 15) is 56.2 Å². The summed E-state index contributed by atoms with van der Waals surface area (Å²) in [6.07, 6.45) is -21.8. The molecule has 0 aliphatic carbocycles. The van der Waals surface area contributed by atoms with Crippen molar-refractivity contribution in [1.29, 1.82) is 0 Å². The van der Waals surface area contributed by atoms with Crippen molar-refractivity contribution in [2.45, 2.75) is 85.5 Å². The van der Waals surface area contributed by atoms with Crippen LogP contribution in [0.25, 0.3) is 0 Å². The molecular weight excluding hydrogens is 552 g/mol. The first-order chi connectivity index (χ1) is 16.0. The Morgan fingerprint density at radius 2 is 1.00 bits per heavy atom. The minimum atomic E-state index is -2.36. The van der Waals surface area contributed by atoms with Crippen molar-refractivity contribution in [2.24, 2.45) is 0 Å². The fourth-order valence-corrected chi connectivity index (χ4v) is 4.01. The Morgan fingerprint density at radius 3 is 1.46 bits per heavy atom. The largest absolute Gasteiger partial charge is 0.412 e. The van der Waals surface area contributed by atoms with Gasteiger partial charge in [0, 0.05) is 0 Å². The van der Waals surface area contributed by atoms with Gasteiger partial charge in [0.15, 0.2) is 12.6 Å². The molecule has 0 aromatic rings. The molecule has 14 atom stereocenters. The van der Waals surface area contributed by atoms with E-state index in [1.807, 2.05) is 0 Å². The normalized spacial score (nSPS) is 45.5. The van der Waals surface area contributed by atoms with Crippen LogP contribution in [0.4, 0.5) is 0 Å². The highest BCUT2D eigenvalue weighted by atomic mass is 16.8. The van der Waals surface area contributed by atoms with E-state index in [0.29, 0.717) is 0 Å². The summed E-state index contributed by atoms with van der Waals surface area (Å²) in [5, 5.41) is 109. The zero-order valence-corrected chi connectivity index (χ0v) is 20.3. The topological polar surface area (TPSA) is 426 Å². The third kappa shape index (κ3) is 8.13. The quantitative estimate of drug-likeness (QED) is 0.124. The molecule has 3 aliphatic heterocycles. The molecule has 21 heteroatoms. The second kappa shape index (κ2) is 17.2. The summed E-state index contributed by atoms with van der Waals surface area (Å²) < 4.78 is 26.4. The predicted octanol–water partition coefficient (Wildman–Crippen LogP) is -11.7. The number of hydrogen-bond acceptors (Lipinski definition) is 16. The maximum absolute atomic E-state index is 10.3. The first-order valence-corrected chi connectivity index (χ1v) is 10.6. The van der Waals surface area contributed by atoms with Gasteiger partial charge < -0.3 is 107 Å². The van der Waals surface area contributed by atoms with E-state index in [1.54, 1.807) is 0 Å². The second-order valence-electron chi connectivity index (χ2n) is 8.41. The van der Waals surface area contributed by atoms with Crippen LogP contribution >= 0.6 is 0 Å². The van der Waals surface area contributed by atoms with Crippen molar-refractivity contribution >= 4 is 0 Å². The van der Waals surface area contributed by atoms with Gasteiger partial charge in [-0.15, -0.1) is 0 Å². The van der Waals surface area contributed by atoms with E-state index in [2.05, 4.69) is 0 Å². The average molecular weight is 595 g/mol. The summed E-state index contributed by atoms with van der Waals surface area (Å²) in [4.78, 5) is 0. The van der Waals surface area contributed by atoms with E-state index < -0.39 is 112 Å². The Labute approximate surface area is 220 Å². The maximum atomic E-state index is 10.3. The molecule has 0 saturated carbocycles. The molecule has 0 bridgehead atoms. The highest BCUT2D eigenvalue weighted by Gasteiger charge is 2.58. The van der Waals surface area contributed by atoms with Crippen LogP contribution < -0.4 is 0 Å². The van der Waals surface area contributed by atoms with Crippen LogP contribution in [0.15, 0.2) is 0 Å². The highest BCUT2D eigenvalue weighted by molar-refractivity contribution is 4.98. The van der Waals surface area contributed by atoms with Crippen molar-refractivity contribution in [3.63, 3.8) is 0 Å². The molecule has 0 amide bonds. The van der Waals surface area contributed by atoms with Crippen molar-refractivity contribution in [1.82, 2.24) is 0 Å². The molecule has 7 unspecified atom stereocenters. The lowest BCUT2D eigenvalue weighted by atomic mass is 9.98. The molecule has 0 aromatic heterocycles. The van der Waals surface area contributed by atoms with Gasteiger partial charge in [-0.25, -0.2) is 0 Å². The third-order valence-electron chi connectivity index (χ3n) is 6.16. The minimum absolute atomic E-state index is 0. The number of aliphatic hydroxyl groups excluding tert-OH is 11. The molecule has 0 aromatic carbocycles. The lowest BCUT2D eigenvalue weighted by molar-refractivity contribution is -0.388. The standard InChI is InChI=1S/C18H32O16.5H2O/c19-1-5-8(22)11(25)13(27)16(31-5)30-3-7-9(23)12(26)14(28)17(32-7)34-18(4-21)15(29)10(24)6(2-20)33-18;;;;;/h5-17,19-29H,1-4H2;5*1H2/t5?,6-,7?,8-,9+,10+,11?,12?,13?,14?,15?,16-,17+,18-;;;;;/m0...../s1. The molecule has 3 aliphatic rings. The SMILES string of the molecule is O.O.O.O.O.OCC1O[C@H](OCC2O[C@H](O[C@]3(CO)O[C@@H](CO)[C@@H](O)C3O)C(O)C(O)[C@@H]2O)C(O)C(O)[C@H]1O. The van der Waals surface area contributed by atoms with Gasteiger partial charge in [0.25, 0.3) is 0 Å². The second-order valence-corrected chi connectivity index (χ2v) is 8.41. The smallest absolute Gasteiger partial charge is 0.224 e. The zero-order valence-electron chi connectivity index (χ0n) is 20.3. The first-order valence-electron chi connectivity index (χ1n) is 10.6. The van der Waals surface area contributed by atoms with Crippen LogP contribution in [0.2, 0.25) is 0 Å².